The number of carbonyl (C=O) groups is 1. The molecule has 0 unspecified atom stereocenters. The summed E-state index contributed by atoms with van der Waals surface area (Å²) in [6.45, 7) is 5.68. The molecule has 1 aromatic heterocycles. The van der Waals surface area contributed by atoms with Crippen LogP contribution in [0.1, 0.15) is 53.9 Å². The van der Waals surface area contributed by atoms with Gasteiger partial charge in [0.2, 0.25) is 0 Å². The molecule has 0 aliphatic heterocycles. The molecular weight excluding hydrogens is 278 g/mol. The molecule has 1 aliphatic rings. The third-order valence-corrected chi connectivity index (χ3v) is 3.92. The monoisotopic (exact) mass is 301 g/mol. The Kier molecular flexibility index (Phi) is 5.36. The maximum absolute atomic E-state index is 11.2. The van der Waals surface area contributed by atoms with E-state index in [-0.39, 0.29) is 11.5 Å². The molecule has 0 fully saturated rings. The Morgan fingerprint density at radius 1 is 1.18 bits per heavy atom. The minimum Gasteiger partial charge on any atom is -0.328 e. The van der Waals surface area contributed by atoms with Crippen LogP contribution < -0.4 is 5.63 Å². The number of hydrogen-bond acceptors (Lipinski definition) is 3. The van der Waals surface area contributed by atoms with E-state index in [0.717, 1.165) is 42.5 Å². The van der Waals surface area contributed by atoms with Crippen LogP contribution in [-0.4, -0.2) is 10.6 Å². The van der Waals surface area contributed by atoms with Crippen LogP contribution in [0, 0.1) is 6.92 Å². The molecule has 3 rings (SSSR count). The number of aromatic nitrogens is 1. The van der Waals surface area contributed by atoms with Gasteiger partial charge in [0, 0.05) is 6.92 Å². The second-order valence-corrected chi connectivity index (χ2v) is 5.66. The average molecular weight is 301 g/mol. The Morgan fingerprint density at radius 2 is 1.82 bits per heavy atom. The summed E-state index contributed by atoms with van der Waals surface area (Å²) < 4.78 is 5.98. The summed E-state index contributed by atoms with van der Waals surface area (Å²) >= 11 is 0. The third-order valence-electron chi connectivity index (χ3n) is 3.92. The van der Waals surface area contributed by atoms with Crippen molar-refractivity contribution >= 4 is 5.91 Å². The van der Waals surface area contributed by atoms with E-state index in [4.69, 9.17) is 4.52 Å². The summed E-state index contributed by atoms with van der Waals surface area (Å²) in [7, 11) is 0. The lowest BCUT2D eigenvalue weighted by Gasteiger charge is -2.09. The molecule has 2 aromatic rings. The predicted octanol–water partition coefficient (Wildman–Crippen LogP) is 3.54. The number of rotatable bonds is 1. The fourth-order valence-electron chi connectivity index (χ4n) is 2.60. The highest BCUT2D eigenvalue weighted by atomic mass is 16.5. The lowest BCUT2D eigenvalue weighted by Crippen LogP contribution is -2.12. The standard InChI is InChI=1S/C9H11NO3.C9H12/c1-6(11)10-8-5-3-2-4-7(8)9(12)13-10;1-3-9-6-4-8(2)5-7-9/h2-5H2,1H3;4-7H,3H2,1-2H3. The molecular formula is C18H23NO3. The lowest BCUT2D eigenvalue weighted by molar-refractivity contribution is 0.0804. The van der Waals surface area contributed by atoms with Crippen molar-refractivity contribution in [2.75, 3.05) is 0 Å². The van der Waals surface area contributed by atoms with Crippen LogP contribution in [0.4, 0.5) is 0 Å². The number of aryl methyl sites for hydroxylation is 2. The van der Waals surface area contributed by atoms with Crippen molar-refractivity contribution in [2.24, 2.45) is 0 Å². The van der Waals surface area contributed by atoms with Gasteiger partial charge in [-0.3, -0.25) is 4.79 Å². The first-order valence-electron chi connectivity index (χ1n) is 7.83. The summed E-state index contributed by atoms with van der Waals surface area (Å²) in [4.78, 5) is 22.3. The lowest BCUT2D eigenvalue weighted by atomic mass is 9.98. The van der Waals surface area contributed by atoms with E-state index in [1.54, 1.807) is 0 Å². The van der Waals surface area contributed by atoms with E-state index in [0.29, 0.717) is 5.56 Å². The zero-order chi connectivity index (χ0) is 16.1. The predicted molar refractivity (Wildman–Crippen MR) is 86.5 cm³/mol. The van der Waals surface area contributed by atoms with E-state index in [2.05, 4.69) is 38.1 Å². The van der Waals surface area contributed by atoms with Gasteiger partial charge in [-0.05, 0) is 44.6 Å². The van der Waals surface area contributed by atoms with Crippen molar-refractivity contribution in [3.63, 3.8) is 0 Å². The Bertz CT molecular complexity index is 692. The van der Waals surface area contributed by atoms with Crippen LogP contribution in [0.2, 0.25) is 0 Å². The van der Waals surface area contributed by atoms with Gasteiger partial charge in [0.05, 0.1) is 11.3 Å². The summed E-state index contributed by atoms with van der Waals surface area (Å²) in [5.41, 5.74) is 3.89. The quantitative estimate of drug-likeness (QED) is 0.809. The van der Waals surface area contributed by atoms with Crippen molar-refractivity contribution in [1.29, 1.82) is 0 Å². The van der Waals surface area contributed by atoms with Crippen LogP contribution in [0.5, 0.6) is 0 Å². The van der Waals surface area contributed by atoms with E-state index in [9.17, 15) is 9.59 Å². The molecule has 1 aliphatic carbocycles. The zero-order valence-electron chi connectivity index (χ0n) is 13.5. The highest BCUT2D eigenvalue weighted by Gasteiger charge is 2.21. The molecule has 0 atom stereocenters. The van der Waals surface area contributed by atoms with Gasteiger partial charge in [0.15, 0.2) is 0 Å². The molecule has 0 bridgehead atoms. The van der Waals surface area contributed by atoms with Crippen molar-refractivity contribution in [1.82, 2.24) is 4.74 Å². The number of benzene rings is 1. The smallest absolute Gasteiger partial charge is 0.328 e. The van der Waals surface area contributed by atoms with Crippen molar-refractivity contribution in [2.45, 2.75) is 52.9 Å². The van der Waals surface area contributed by atoms with Gasteiger partial charge in [-0.2, -0.15) is 0 Å². The molecule has 4 nitrogen and oxygen atoms in total. The van der Waals surface area contributed by atoms with Gasteiger partial charge in [-0.15, -0.1) is 4.74 Å². The van der Waals surface area contributed by atoms with Crippen molar-refractivity contribution in [3.8, 4) is 0 Å². The average Bonchev–Trinajstić information content (AvgIpc) is 2.87. The van der Waals surface area contributed by atoms with Crippen LogP contribution in [-0.2, 0) is 19.3 Å². The Hall–Kier alpha value is -2.10. The van der Waals surface area contributed by atoms with E-state index in [1.807, 2.05) is 0 Å². The van der Waals surface area contributed by atoms with Crippen LogP contribution >= 0.6 is 0 Å². The first-order chi connectivity index (χ1) is 10.5. The van der Waals surface area contributed by atoms with E-state index < -0.39 is 0 Å². The molecule has 0 radical (unpaired) electrons. The fourth-order valence-corrected chi connectivity index (χ4v) is 2.60. The minimum absolute atomic E-state index is 0.222. The molecule has 1 heterocycles. The molecule has 0 saturated heterocycles. The minimum atomic E-state index is -0.343. The summed E-state index contributed by atoms with van der Waals surface area (Å²) in [6.07, 6.45) is 4.71. The number of fused-ring (bicyclic) bond motifs is 1. The maximum atomic E-state index is 11.2. The molecule has 0 saturated carbocycles. The van der Waals surface area contributed by atoms with Gasteiger partial charge in [0.25, 0.3) is 5.91 Å². The molecule has 0 amide bonds. The molecule has 118 valence electrons. The number of carbonyl (C=O) groups excluding carboxylic acids is 1. The van der Waals surface area contributed by atoms with Crippen molar-refractivity contribution in [3.05, 3.63) is 57.1 Å². The highest BCUT2D eigenvalue weighted by molar-refractivity contribution is 5.75. The zero-order valence-corrected chi connectivity index (χ0v) is 13.5. The van der Waals surface area contributed by atoms with Crippen LogP contribution in [0.25, 0.3) is 0 Å². The summed E-state index contributed by atoms with van der Waals surface area (Å²) in [5.74, 6) is -0.222. The normalized spacial score (nSPS) is 13.0. The van der Waals surface area contributed by atoms with E-state index >= 15 is 0 Å². The topological polar surface area (TPSA) is 52.2 Å². The second kappa shape index (κ2) is 7.25. The third kappa shape index (κ3) is 3.75. The molecule has 0 spiro atoms. The molecule has 1 aromatic carbocycles. The first kappa shape index (κ1) is 16.3. The number of nitrogens with zero attached hydrogens (tertiary/aromatic N) is 1. The number of hydrogen-bond donors (Lipinski definition) is 0. The fraction of sp³-hybridized carbons (Fsp3) is 0.444. The first-order valence-corrected chi connectivity index (χ1v) is 7.83. The summed E-state index contributed by atoms with van der Waals surface area (Å²) in [6, 6.07) is 8.66. The summed E-state index contributed by atoms with van der Waals surface area (Å²) in [5, 5.41) is 0. The Labute approximate surface area is 130 Å². The van der Waals surface area contributed by atoms with Gasteiger partial charge in [0.1, 0.15) is 0 Å². The molecule has 0 N–H and O–H groups in total. The maximum Gasteiger partial charge on any atom is 0.361 e. The van der Waals surface area contributed by atoms with E-state index in [1.165, 1.54) is 18.1 Å². The SMILES string of the molecule is CC(=O)n1oc(=O)c2c1CCCC2.CCc1ccc(C)cc1. The molecule has 4 heteroatoms. The van der Waals surface area contributed by atoms with Crippen molar-refractivity contribution < 1.29 is 9.32 Å². The van der Waals surface area contributed by atoms with Gasteiger partial charge in [-0.25, -0.2) is 4.79 Å². The van der Waals surface area contributed by atoms with Gasteiger partial charge < -0.3 is 4.52 Å². The largest absolute Gasteiger partial charge is 0.361 e. The van der Waals surface area contributed by atoms with Gasteiger partial charge >= 0.3 is 5.63 Å². The van der Waals surface area contributed by atoms with Crippen LogP contribution in [0.15, 0.2) is 33.6 Å². The van der Waals surface area contributed by atoms with Crippen LogP contribution in [0.3, 0.4) is 0 Å². The Morgan fingerprint density at radius 3 is 2.41 bits per heavy atom. The second-order valence-electron chi connectivity index (χ2n) is 5.66. The Balaban J connectivity index is 0.000000172. The molecule has 22 heavy (non-hydrogen) atoms. The highest BCUT2D eigenvalue weighted by Crippen LogP contribution is 2.18. The van der Waals surface area contributed by atoms with Gasteiger partial charge in [-0.1, -0.05) is 36.8 Å².